The molecule has 0 aliphatic heterocycles. The van der Waals surface area contributed by atoms with E-state index in [4.69, 9.17) is 26.8 Å². The van der Waals surface area contributed by atoms with E-state index in [9.17, 15) is 0 Å². The molecule has 0 spiro atoms. The van der Waals surface area contributed by atoms with Crippen LogP contribution in [0.3, 0.4) is 0 Å². The molecule has 0 aliphatic rings. The Morgan fingerprint density at radius 3 is 2.33 bits per heavy atom. The van der Waals surface area contributed by atoms with Crippen molar-refractivity contribution in [2.24, 2.45) is 7.05 Å². The van der Waals surface area contributed by atoms with Crippen molar-refractivity contribution in [1.82, 2.24) is 9.78 Å². The normalized spacial score (nSPS) is 10.4. The topological polar surface area (TPSA) is 62.3 Å². The molecule has 0 saturated carbocycles. The molecule has 0 radical (unpaired) electrons. The van der Waals surface area contributed by atoms with Crippen LogP contribution in [0.2, 0.25) is 5.02 Å². The van der Waals surface area contributed by atoms with Gasteiger partial charge in [-0.2, -0.15) is 5.10 Å². The molecule has 1 aromatic heterocycles. The fourth-order valence-corrected chi connectivity index (χ4v) is 2.09. The van der Waals surface area contributed by atoms with Crippen LogP contribution < -0.4 is 15.2 Å². The molecule has 0 atom stereocenters. The zero-order valence-corrected chi connectivity index (χ0v) is 11.2. The highest BCUT2D eigenvalue weighted by Gasteiger charge is 2.19. The number of halogens is 1. The van der Waals surface area contributed by atoms with E-state index in [0.717, 1.165) is 5.56 Å². The highest BCUT2D eigenvalue weighted by atomic mass is 35.5. The van der Waals surface area contributed by atoms with Gasteiger partial charge in [-0.1, -0.05) is 11.6 Å². The van der Waals surface area contributed by atoms with Gasteiger partial charge in [-0.25, -0.2) is 0 Å². The smallest absolute Gasteiger partial charge is 0.138 e. The van der Waals surface area contributed by atoms with Crippen LogP contribution in [-0.4, -0.2) is 24.0 Å². The molecular weight excluding hydrogens is 254 g/mol. The molecule has 0 saturated heterocycles. The number of nitrogens with zero attached hydrogens (tertiary/aromatic N) is 2. The van der Waals surface area contributed by atoms with Crippen molar-refractivity contribution < 1.29 is 9.47 Å². The lowest BCUT2D eigenvalue weighted by molar-refractivity contribution is 0.404. The van der Waals surface area contributed by atoms with Crippen LogP contribution in [0.15, 0.2) is 18.3 Å². The maximum Gasteiger partial charge on any atom is 0.138 e. The lowest BCUT2D eigenvalue weighted by Gasteiger charge is -2.12. The number of hydrogen-bond donors (Lipinski definition) is 1. The summed E-state index contributed by atoms with van der Waals surface area (Å²) in [6.45, 7) is 0. The Kier molecular flexibility index (Phi) is 3.34. The molecular formula is C12H14ClN3O2. The number of methoxy groups -OCH3 is 2. The van der Waals surface area contributed by atoms with E-state index >= 15 is 0 Å². The summed E-state index contributed by atoms with van der Waals surface area (Å²) in [6.07, 6.45) is 1.65. The van der Waals surface area contributed by atoms with Gasteiger partial charge in [-0.3, -0.25) is 4.68 Å². The van der Waals surface area contributed by atoms with E-state index < -0.39 is 0 Å². The summed E-state index contributed by atoms with van der Waals surface area (Å²) in [5.74, 6) is 1.71. The average Bonchev–Trinajstić information content (AvgIpc) is 2.70. The van der Waals surface area contributed by atoms with Gasteiger partial charge < -0.3 is 15.2 Å². The monoisotopic (exact) mass is 267 g/mol. The van der Waals surface area contributed by atoms with Crippen LogP contribution in [0, 0.1) is 0 Å². The Balaban J connectivity index is 2.72. The summed E-state index contributed by atoms with van der Waals surface area (Å²) < 4.78 is 12.1. The summed E-state index contributed by atoms with van der Waals surface area (Å²) in [4.78, 5) is 0. The standard InChI is InChI=1S/C12H14ClN3O2/c1-16-12(14)7(6-15-16)10-8(17-2)4-5-9(18-3)11(10)13/h4-6H,14H2,1-3H3. The number of nitrogen functional groups attached to an aromatic ring is 1. The van der Waals surface area contributed by atoms with Gasteiger partial charge in [0.25, 0.3) is 0 Å². The Morgan fingerprint density at radius 1 is 1.22 bits per heavy atom. The van der Waals surface area contributed by atoms with E-state index in [2.05, 4.69) is 5.10 Å². The molecule has 0 aliphatic carbocycles. The number of anilines is 1. The number of hydrogen-bond acceptors (Lipinski definition) is 4. The first-order valence-corrected chi connectivity index (χ1v) is 5.66. The second kappa shape index (κ2) is 4.78. The Bertz CT molecular complexity index is 581. The molecule has 96 valence electrons. The van der Waals surface area contributed by atoms with Gasteiger partial charge in [0.2, 0.25) is 0 Å². The zero-order valence-electron chi connectivity index (χ0n) is 10.4. The van der Waals surface area contributed by atoms with Crippen LogP contribution in [0.5, 0.6) is 11.5 Å². The largest absolute Gasteiger partial charge is 0.496 e. The number of rotatable bonds is 3. The molecule has 18 heavy (non-hydrogen) atoms. The quantitative estimate of drug-likeness (QED) is 0.927. The van der Waals surface area contributed by atoms with Crippen LogP contribution in [0.25, 0.3) is 11.1 Å². The summed E-state index contributed by atoms with van der Waals surface area (Å²) in [5.41, 5.74) is 7.37. The average molecular weight is 268 g/mol. The SMILES string of the molecule is COc1ccc(OC)c(-c2cnn(C)c2N)c1Cl. The van der Waals surface area contributed by atoms with Gasteiger partial charge in [0, 0.05) is 12.6 Å². The van der Waals surface area contributed by atoms with Gasteiger partial charge in [0.05, 0.1) is 31.0 Å². The van der Waals surface area contributed by atoms with Crippen molar-refractivity contribution in [3.05, 3.63) is 23.4 Å². The van der Waals surface area contributed by atoms with Crippen molar-refractivity contribution in [2.45, 2.75) is 0 Å². The van der Waals surface area contributed by atoms with Crippen molar-refractivity contribution in [1.29, 1.82) is 0 Å². The number of aromatic nitrogens is 2. The first kappa shape index (κ1) is 12.6. The lowest BCUT2D eigenvalue weighted by Crippen LogP contribution is -1.99. The third-order valence-electron chi connectivity index (χ3n) is 2.76. The number of benzene rings is 1. The summed E-state index contributed by atoms with van der Waals surface area (Å²) in [7, 11) is 4.90. The molecule has 6 heteroatoms. The van der Waals surface area contributed by atoms with Crippen LogP contribution >= 0.6 is 11.6 Å². The van der Waals surface area contributed by atoms with E-state index in [1.165, 1.54) is 0 Å². The third kappa shape index (κ3) is 1.86. The number of aryl methyl sites for hydroxylation is 1. The molecule has 1 aromatic carbocycles. The lowest BCUT2D eigenvalue weighted by atomic mass is 10.1. The maximum atomic E-state index is 6.31. The van der Waals surface area contributed by atoms with Crippen LogP contribution in [0.1, 0.15) is 0 Å². The first-order chi connectivity index (χ1) is 8.60. The van der Waals surface area contributed by atoms with Crippen molar-refractivity contribution in [3.63, 3.8) is 0 Å². The first-order valence-electron chi connectivity index (χ1n) is 5.28. The number of nitrogens with two attached hydrogens (primary N) is 1. The van der Waals surface area contributed by atoms with Gasteiger partial charge >= 0.3 is 0 Å². The Hall–Kier alpha value is -1.88. The molecule has 2 N–H and O–H groups in total. The minimum Gasteiger partial charge on any atom is -0.496 e. The molecule has 0 unspecified atom stereocenters. The van der Waals surface area contributed by atoms with Gasteiger partial charge in [0.15, 0.2) is 0 Å². The second-order valence-corrected chi connectivity index (χ2v) is 4.10. The molecule has 2 rings (SSSR count). The highest BCUT2D eigenvalue weighted by Crippen LogP contribution is 2.43. The van der Waals surface area contributed by atoms with Crippen molar-refractivity contribution in [2.75, 3.05) is 20.0 Å². The number of ether oxygens (including phenoxy) is 2. The predicted octanol–water partition coefficient (Wildman–Crippen LogP) is 2.34. The van der Waals surface area contributed by atoms with Crippen LogP contribution in [0.4, 0.5) is 5.82 Å². The van der Waals surface area contributed by atoms with Crippen LogP contribution in [-0.2, 0) is 7.05 Å². The molecule has 0 fully saturated rings. The van der Waals surface area contributed by atoms with Gasteiger partial charge in [0.1, 0.15) is 17.3 Å². The second-order valence-electron chi connectivity index (χ2n) is 3.73. The van der Waals surface area contributed by atoms with Gasteiger partial charge in [-0.15, -0.1) is 0 Å². The van der Waals surface area contributed by atoms with E-state index in [-0.39, 0.29) is 0 Å². The third-order valence-corrected chi connectivity index (χ3v) is 3.14. The zero-order chi connectivity index (χ0) is 13.3. The minimum absolute atomic E-state index is 0.455. The molecule has 2 aromatic rings. The predicted molar refractivity (Wildman–Crippen MR) is 71.2 cm³/mol. The van der Waals surface area contributed by atoms with E-state index in [1.807, 2.05) is 0 Å². The van der Waals surface area contributed by atoms with Crippen molar-refractivity contribution >= 4 is 17.4 Å². The van der Waals surface area contributed by atoms with Gasteiger partial charge in [-0.05, 0) is 12.1 Å². The summed E-state index contributed by atoms with van der Waals surface area (Å²) in [5, 5.41) is 4.56. The summed E-state index contributed by atoms with van der Waals surface area (Å²) >= 11 is 6.31. The van der Waals surface area contributed by atoms with E-state index in [1.54, 1.807) is 44.3 Å². The fourth-order valence-electron chi connectivity index (χ4n) is 1.76. The highest BCUT2D eigenvalue weighted by molar-refractivity contribution is 6.35. The summed E-state index contributed by atoms with van der Waals surface area (Å²) in [6, 6.07) is 3.53. The van der Waals surface area contributed by atoms with E-state index in [0.29, 0.717) is 27.9 Å². The fraction of sp³-hybridized carbons (Fsp3) is 0.250. The molecule has 0 bridgehead atoms. The Labute approximate surface area is 110 Å². The molecule has 1 heterocycles. The van der Waals surface area contributed by atoms with Crippen molar-refractivity contribution in [3.8, 4) is 22.6 Å². The Morgan fingerprint density at radius 2 is 1.83 bits per heavy atom. The molecule has 0 amide bonds. The molecule has 5 nitrogen and oxygen atoms in total. The maximum absolute atomic E-state index is 6.31. The minimum atomic E-state index is 0.455.